The van der Waals surface area contributed by atoms with Crippen LogP contribution >= 0.6 is 0 Å². The lowest BCUT2D eigenvalue weighted by Crippen LogP contribution is -2.40. The molecule has 0 saturated carbocycles. The molecule has 22 heavy (non-hydrogen) atoms. The van der Waals surface area contributed by atoms with Gasteiger partial charge in [-0.05, 0) is 25.5 Å². The molecular formula is C13H17N3O5S. The molecule has 1 aromatic rings. The summed E-state index contributed by atoms with van der Waals surface area (Å²) in [6.45, 7) is 2.46. The molecule has 2 rings (SSSR count). The van der Waals surface area contributed by atoms with Gasteiger partial charge in [0, 0.05) is 19.0 Å². The Balaban J connectivity index is 2.17. The van der Waals surface area contributed by atoms with Crippen LogP contribution in [0.3, 0.4) is 0 Å². The number of carboxylic acids is 1. The fourth-order valence-corrected chi connectivity index (χ4v) is 3.07. The van der Waals surface area contributed by atoms with Crippen molar-refractivity contribution in [2.45, 2.75) is 24.7 Å². The number of fused-ring (bicyclic) bond motifs is 1. The first-order valence-corrected chi connectivity index (χ1v) is 8.23. The molecule has 1 aromatic carbocycles. The predicted octanol–water partition coefficient (Wildman–Crippen LogP) is 1.01. The van der Waals surface area contributed by atoms with Gasteiger partial charge >= 0.3 is 5.97 Å². The van der Waals surface area contributed by atoms with Crippen LogP contribution in [0.1, 0.15) is 19.8 Å². The van der Waals surface area contributed by atoms with Crippen molar-refractivity contribution in [1.29, 1.82) is 0 Å². The van der Waals surface area contributed by atoms with Gasteiger partial charge in [-0.3, -0.25) is 9.79 Å². The number of nitrogens with one attached hydrogen (secondary N) is 2. The second-order valence-electron chi connectivity index (χ2n) is 4.55. The summed E-state index contributed by atoms with van der Waals surface area (Å²) in [6.07, 6.45) is 0.316. The first-order chi connectivity index (χ1) is 10.4. The average Bonchev–Trinajstić information content (AvgIpc) is 2.44. The minimum Gasteiger partial charge on any atom is -0.494 e. The molecule has 8 nitrogen and oxygen atoms in total. The maximum atomic E-state index is 12.2. The number of rotatable bonds is 6. The number of nitrogens with zero attached hydrogens (tertiary/aromatic N) is 1. The van der Waals surface area contributed by atoms with Crippen LogP contribution in [0.2, 0.25) is 0 Å². The summed E-state index contributed by atoms with van der Waals surface area (Å²) in [5.41, 5.74) is 0.402. The van der Waals surface area contributed by atoms with Crippen molar-refractivity contribution in [1.82, 2.24) is 4.72 Å². The summed E-state index contributed by atoms with van der Waals surface area (Å²) in [7, 11) is -3.73. The average molecular weight is 327 g/mol. The highest BCUT2D eigenvalue weighted by Crippen LogP contribution is 2.28. The number of carbonyl (C=O) groups is 1. The zero-order valence-corrected chi connectivity index (χ0v) is 12.8. The maximum absolute atomic E-state index is 12.2. The normalized spacial score (nSPS) is 17.2. The molecule has 0 amide bonds. The standard InChI is InChI=1S/C13H17N3O5S/c1-2-21-9-5-6-10-11(8-9)22(19,20)16-13(15-10)14-7-3-4-12(17)18/h5-6,8H,2-4,7H2,1H3,(H,17,18)(H2,14,15,16). The van der Waals surface area contributed by atoms with Crippen molar-refractivity contribution in [3.05, 3.63) is 18.2 Å². The van der Waals surface area contributed by atoms with Gasteiger partial charge in [0.1, 0.15) is 10.6 Å². The number of anilines is 1. The molecule has 0 bridgehead atoms. The van der Waals surface area contributed by atoms with Crippen LogP contribution in [0, 0.1) is 0 Å². The van der Waals surface area contributed by atoms with E-state index < -0.39 is 16.0 Å². The third kappa shape index (κ3) is 3.88. The molecule has 0 fully saturated rings. The molecule has 9 heteroatoms. The Bertz CT molecular complexity index is 700. The van der Waals surface area contributed by atoms with E-state index >= 15 is 0 Å². The summed E-state index contributed by atoms with van der Waals surface area (Å²) >= 11 is 0. The minimum atomic E-state index is -3.73. The van der Waals surface area contributed by atoms with Gasteiger partial charge in [-0.1, -0.05) is 0 Å². The lowest BCUT2D eigenvalue weighted by molar-refractivity contribution is -0.137. The van der Waals surface area contributed by atoms with Crippen molar-refractivity contribution in [3.8, 4) is 5.75 Å². The van der Waals surface area contributed by atoms with E-state index in [4.69, 9.17) is 9.84 Å². The highest BCUT2D eigenvalue weighted by Gasteiger charge is 2.27. The van der Waals surface area contributed by atoms with Crippen molar-refractivity contribution < 1.29 is 23.1 Å². The van der Waals surface area contributed by atoms with Crippen molar-refractivity contribution in [2.75, 3.05) is 18.5 Å². The number of carboxylic acid groups (broad SMARTS) is 1. The number of hydrogen-bond donors (Lipinski definition) is 3. The smallest absolute Gasteiger partial charge is 0.303 e. The first kappa shape index (κ1) is 16.1. The van der Waals surface area contributed by atoms with Gasteiger partial charge in [0.25, 0.3) is 10.0 Å². The Hall–Kier alpha value is -2.29. The summed E-state index contributed by atoms with van der Waals surface area (Å²) < 4.78 is 32.0. The van der Waals surface area contributed by atoms with E-state index in [2.05, 4.69) is 15.0 Å². The van der Waals surface area contributed by atoms with Gasteiger partial charge in [0.15, 0.2) is 0 Å². The first-order valence-electron chi connectivity index (χ1n) is 6.75. The molecular weight excluding hydrogens is 310 g/mol. The minimum absolute atomic E-state index is 0.0160. The number of guanidine groups is 1. The number of ether oxygens (including phenoxy) is 1. The predicted molar refractivity (Wildman–Crippen MR) is 80.7 cm³/mol. The van der Waals surface area contributed by atoms with E-state index in [9.17, 15) is 13.2 Å². The summed E-state index contributed by atoms with van der Waals surface area (Å²) in [4.78, 5) is 14.5. The van der Waals surface area contributed by atoms with Gasteiger partial charge in [-0.2, -0.15) is 0 Å². The quantitative estimate of drug-likeness (QED) is 0.671. The second kappa shape index (κ2) is 6.65. The van der Waals surface area contributed by atoms with Crippen molar-refractivity contribution in [3.63, 3.8) is 0 Å². The Morgan fingerprint density at radius 2 is 2.18 bits per heavy atom. The molecule has 1 heterocycles. The molecule has 1 aliphatic heterocycles. The van der Waals surface area contributed by atoms with Crippen LogP contribution < -0.4 is 14.8 Å². The van der Waals surface area contributed by atoms with Gasteiger partial charge < -0.3 is 15.2 Å². The third-order valence-corrected chi connectivity index (χ3v) is 4.24. The van der Waals surface area contributed by atoms with Crippen LogP contribution in [0.15, 0.2) is 28.1 Å². The van der Waals surface area contributed by atoms with E-state index in [0.29, 0.717) is 24.5 Å². The molecule has 0 radical (unpaired) electrons. The lowest BCUT2D eigenvalue weighted by atomic mass is 10.3. The Morgan fingerprint density at radius 3 is 2.86 bits per heavy atom. The summed E-state index contributed by atoms with van der Waals surface area (Å²) in [6, 6.07) is 4.71. The molecule has 0 aromatic heterocycles. The highest BCUT2D eigenvalue weighted by molar-refractivity contribution is 7.90. The Morgan fingerprint density at radius 1 is 1.41 bits per heavy atom. The number of benzene rings is 1. The SMILES string of the molecule is CCOc1ccc2c(c1)S(=O)(=O)NC(=NCCCC(=O)O)N2. The Labute approximate surface area is 128 Å². The molecule has 0 saturated heterocycles. The fraction of sp³-hybridized carbons (Fsp3) is 0.385. The van der Waals surface area contributed by atoms with E-state index in [1.165, 1.54) is 6.07 Å². The number of sulfonamides is 1. The van der Waals surface area contributed by atoms with Gasteiger partial charge in [-0.15, -0.1) is 0 Å². The van der Waals surface area contributed by atoms with Crippen molar-refractivity contribution >= 4 is 27.6 Å². The van der Waals surface area contributed by atoms with E-state index in [0.717, 1.165) is 0 Å². The van der Waals surface area contributed by atoms with Gasteiger partial charge in [0.05, 0.1) is 12.3 Å². The van der Waals surface area contributed by atoms with E-state index in [1.807, 2.05) is 6.92 Å². The third-order valence-electron chi connectivity index (χ3n) is 2.86. The van der Waals surface area contributed by atoms with Crippen LogP contribution in [-0.4, -0.2) is 38.6 Å². The molecule has 0 spiro atoms. The summed E-state index contributed by atoms with van der Waals surface area (Å²) in [5, 5.41) is 11.4. The zero-order chi connectivity index (χ0) is 16.2. The molecule has 0 unspecified atom stereocenters. The fourth-order valence-electron chi connectivity index (χ4n) is 1.91. The topological polar surface area (TPSA) is 117 Å². The van der Waals surface area contributed by atoms with E-state index in [-0.39, 0.29) is 23.8 Å². The summed E-state index contributed by atoms with van der Waals surface area (Å²) in [5.74, 6) is -0.358. The number of aliphatic carboxylic acids is 1. The zero-order valence-electron chi connectivity index (χ0n) is 12.0. The highest BCUT2D eigenvalue weighted by atomic mass is 32.2. The molecule has 0 aliphatic carbocycles. The van der Waals surface area contributed by atoms with Crippen molar-refractivity contribution in [2.24, 2.45) is 4.99 Å². The van der Waals surface area contributed by atoms with Gasteiger partial charge in [-0.25, -0.2) is 13.1 Å². The molecule has 1 aliphatic rings. The van der Waals surface area contributed by atoms with E-state index in [1.54, 1.807) is 12.1 Å². The van der Waals surface area contributed by atoms with Crippen LogP contribution in [-0.2, 0) is 14.8 Å². The van der Waals surface area contributed by atoms with Crippen LogP contribution in [0.5, 0.6) is 5.75 Å². The van der Waals surface area contributed by atoms with Gasteiger partial charge in [0.2, 0.25) is 5.96 Å². The molecule has 3 N–H and O–H groups in total. The molecule has 0 atom stereocenters. The number of hydrogen-bond acceptors (Lipinski definition) is 5. The number of aliphatic imine (C=N–C) groups is 1. The monoisotopic (exact) mass is 327 g/mol. The Kier molecular flexibility index (Phi) is 4.86. The molecule has 120 valence electrons. The second-order valence-corrected chi connectivity index (χ2v) is 6.20. The van der Waals surface area contributed by atoms with Crippen LogP contribution in [0.25, 0.3) is 0 Å². The van der Waals surface area contributed by atoms with Crippen LogP contribution in [0.4, 0.5) is 5.69 Å². The maximum Gasteiger partial charge on any atom is 0.303 e. The lowest BCUT2D eigenvalue weighted by Gasteiger charge is -2.22. The largest absolute Gasteiger partial charge is 0.494 e.